The summed E-state index contributed by atoms with van der Waals surface area (Å²) in [4.78, 5) is 35.4. The fourth-order valence-corrected chi connectivity index (χ4v) is 2.12. The van der Waals surface area contributed by atoms with Gasteiger partial charge in [0.15, 0.2) is 5.60 Å². The van der Waals surface area contributed by atoms with E-state index in [9.17, 15) is 9.70 Å². The Morgan fingerprint density at radius 3 is 2.59 bits per heavy atom. The van der Waals surface area contributed by atoms with Gasteiger partial charge in [-0.1, -0.05) is 0 Å². The lowest BCUT2D eigenvalue weighted by molar-refractivity contribution is -0.766. The van der Waals surface area contributed by atoms with Crippen molar-refractivity contribution in [3.8, 4) is 5.88 Å². The molecule has 0 saturated carbocycles. The van der Waals surface area contributed by atoms with Crippen LogP contribution in [0.15, 0.2) is 18.3 Å². The van der Waals surface area contributed by atoms with Crippen molar-refractivity contribution in [3.05, 3.63) is 23.2 Å². The van der Waals surface area contributed by atoms with Crippen LogP contribution in [0.5, 0.6) is 5.88 Å². The van der Waals surface area contributed by atoms with Crippen LogP contribution in [0.3, 0.4) is 0 Å². The van der Waals surface area contributed by atoms with E-state index in [0.29, 0.717) is 18.0 Å². The number of aromatic nitrogens is 1. The number of piperidine rings is 1. The highest BCUT2D eigenvalue weighted by atomic mass is 16.8. The number of pyridine rings is 1. The van der Waals surface area contributed by atoms with Gasteiger partial charge >= 0.3 is 17.7 Å². The number of nitrogens with zero attached hydrogens (tertiary/aromatic N) is 3. The molecule has 0 radical (unpaired) electrons. The Hall–Kier alpha value is -2.18. The third-order valence-electron chi connectivity index (χ3n) is 3.10. The Labute approximate surface area is 129 Å². The van der Waals surface area contributed by atoms with Crippen molar-refractivity contribution in [2.45, 2.75) is 45.6 Å². The van der Waals surface area contributed by atoms with E-state index < -0.39 is 11.7 Å². The van der Waals surface area contributed by atoms with Crippen LogP contribution < -0.4 is 4.74 Å². The van der Waals surface area contributed by atoms with E-state index in [1.165, 1.54) is 12.3 Å². The number of hydrogen-bond acceptors (Lipinski definition) is 5. The van der Waals surface area contributed by atoms with Gasteiger partial charge in [-0.25, -0.2) is 14.6 Å². The predicted octanol–water partition coefficient (Wildman–Crippen LogP) is 3.21. The molecule has 0 bridgehead atoms. The molecule has 1 aromatic rings. The van der Waals surface area contributed by atoms with Crippen LogP contribution in [-0.2, 0) is 4.84 Å². The van der Waals surface area contributed by atoms with Crippen LogP contribution in [0.2, 0.25) is 0 Å². The van der Waals surface area contributed by atoms with Gasteiger partial charge in [-0.15, -0.1) is 0 Å². The van der Waals surface area contributed by atoms with Crippen LogP contribution in [0.25, 0.3) is 0 Å². The highest BCUT2D eigenvalue weighted by molar-refractivity contribution is 5.71. The van der Waals surface area contributed by atoms with E-state index in [0.717, 1.165) is 19.3 Å². The van der Waals surface area contributed by atoms with Crippen molar-refractivity contribution < 1.29 is 19.3 Å². The molecular formula is C15H22N3O4+. The van der Waals surface area contributed by atoms with Gasteiger partial charge in [0.2, 0.25) is 0 Å². The molecule has 1 saturated heterocycles. The van der Waals surface area contributed by atoms with Gasteiger partial charge in [0.25, 0.3) is 4.92 Å². The molecule has 1 aliphatic rings. The summed E-state index contributed by atoms with van der Waals surface area (Å²) in [6.07, 6.45) is 4.03. The molecule has 0 unspecified atom stereocenters. The molecule has 0 atom stereocenters. The van der Waals surface area contributed by atoms with Crippen LogP contribution in [-0.4, -0.2) is 39.6 Å². The van der Waals surface area contributed by atoms with Crippen LogP contribution >= 0.6 is 0 Å². The lowest BCUT2D eigenvalue weighted by Crippen LogP contribution is -2.37. The molecule has 0 aromatic carbocycles. The number of amides is 1. The topological polar surface area (TPSA) is 71.7 Å². The fourth-order valence-electron chi connectivity index (χ4n) is 2.12. The number of ether oxygens (including phenoxy) is 1. The molecule has 7 nitrogen and oxygen atoms in total. The molecule has 0 N–H and O–H groups in total. The quantitative estimate of drug-likeness (QED) is 0.802. The molecule has 2 rings (SSSR count). The molecule has 0 spiro atoms. The summed E-state index contributed by atoms with van der Waals surface area (Å²) in [5.41, 5.74) is -0.589. The third-order valence-corrected chi connectivity index (χ3v) is 3.10. The van der Waals surface area contributed by atoms with Crippen LogP contribution in [0.1, 0.15) is 40.0 Å². The summed E-state index contributed by atoms with van der Waals surface area (Å²) in [6, 6.07) is 3.09. The van der Waals surface area contributed by atoms with Gasteiger partial charge < -0.3 is 9.64 Å². The Balaban J connectivity index is 2.10. The summed E-state index contributed by atoms with van der Waals surface area (Å²) in [6.45, 7) is 6.61. The average molecular weight is 308 g/mol. The lowest BCUT2D eigenvalue weighted by Gasteiger charge is -2.25. The Morgan fingerprint density at radius 1 is 1.27 bits per heavy atom. The SMILES string of the molecule is CC(C)(C)O[N+](=O)c1cccnc1OC(=O)N1CCCCC1. The van der Waals surface area contributed by atoms with Gasteiger partial charge in [0, 0.05) is 25.4 Å². The normalized spacial score (nSPS) is 15.3. The zero-order chi connectivity index (χ0) is 16.2. The van der Waals surface area contributed by atoms with E-state index in [1.54, 1.807) is 31.7 Å². The van der Waals surface area contributed by atoms with Crippen molar-refractivity contribution in [2.24, 2.45) is 0 Å². The van der Waals surface area contributed by atoms with Crippen molar-refractivity contribution >= 4 is 11.8 Å². The molecule has 1 fully saturated rings. The highest BCUT2D eigenvalue weighted by Gasteiger charge is 2.32. The Morgan fingerprint density at radius 2 is 1.95 bits per heavy atom. The first-order valence-electron chi connectivity index (χ1n) is 7.45. The Kier molecular flexibility index (Phi) is 4.95. The van der Waals surface area contributed by atoms with Gasteiger partial charge in [0.1, 0.15) is 0 Å². The summed E-state index contributed by atoms with van der Waals surface area (Å²) in [5, 5.41) is 0. The minimum Gasteiger partial charge on any atom is -0.384 e. The van der Waals surface area contributed by atoms with E-state index in [2.05, 4.69) is 4.98 Å². The minimum absolute atomic E-state index is 0.0441. The van der Waals surface area contributed by atoms with Gasteiger partial charge in [-0.05, 0) is 46.1 Å². The average Bonchev–Trinajstić information content (AvgIpc) is 2.47. The molecule has 22 heavy (non-hydrogen) atoms. The molecule has 0 aliphatic carbocycles. The van der Waals surface area contributed by atoms with Gasteiger partial charge in [-0.2, -0.15) is 0 Å². The first-order chi connectivity index (χ1) is 10.4. The lowest BCUT2D eigenvalue weighted by atomic mass is 10.1. The summed E-state index contributed by atoms with van der Waals surface area (Å²) >= 11 is 0. The third kappa shape index (κ3) is 4.41. The number of carbonyl (C=O) groups excluding carboxylic acids is 1. The van der Waals surface area contributed by atoms with Crippen molar-refractivity contribution in [1.82, 2.24) is 9.88 Å². The molecule has 1 aliphatic heterocycles. The zero-order valence-electron chi connectivity index (χ0n) is 13.2. The largest absolute Gasteiger partial charge is 0.416 e. The molecule has 120 valence electrons. The fraction of sp³-hybridized carbons (Fsp3) is 0.600. The molecular weight excluding hydrogens is 286 g/mol. The number of carbonyl (C=O) groups is 1. The second-order valence-electron chi connectivity index (χ2n) is 6.20. The number of likely N-dealkylation sites (tertiary alicyclic amines) is 1. The molecule has 7 heteroatoms. The zero-order valence-corrected chi connectivity index (χ0v) is 13.2. The standard InChI is InChI=1S/C15H22N3O4/c1-15(2,3)22-18(20)12-8-7-9-16-13(12)21-14(19)17-10-5-4-6-11-17/h7-9H,4-6,10-11H2,1-3H3/q+1. The highest BCUT2D eigenvalue weighted by Crippen LogP contribution is 2.26. The monoisotopic (exact) mass is 308 g/mol. The van der Waals surface area contributed by atoms with Crippen LogP contribution in [0.4, 0.5) is 10.5 Å². The maximum Gasteiger partial charge on any atom is 0.416 e. The van der Waals surface area contributed by atoms with Crippen molar-refractivity contribution in [2.75, 3.05) is 13.1 Å². The second-order valence-corrected chi connectivity index (χ2v) is 6.20. The maximum atomic E-state index is 12.1. The van der Waals surface area contributed by atoms with E-state index >= 15 is 0 Å². The predicted molar refractivity (Wildman–Crippen MR) is 79.8 cm³/mol. The van der Waals surface area contributed by atoms with Crippen molar-refractivity contribution in [1.29, 1.82) is 0 Å². The smallest absolute Gasteiger partial charge is 0.384 e. The van der Waals surface area contributed by atoms with E-state index in [1.807, 2.05) is 0 Å². The van der Waals surface area contributed by atoms with Gasteiger partial charge in [0.05, 0.1) is 4.91 Å². The summed E-state index contributed by atoms with van der Waals surface area (Å²) in [7, 11) is 0. The summed E-state index contributed by atoms with van der Waals surface area (Å²) in [5.74, 6) is -0.0441. The Bertz CT molecular complexity index is 548. The maximum absolute atomic E-state index is 12.1. The number of hydrogen-bond donors (Lipinski definition) is 0. The van der Waals surface area contributed by atoms with Crippen LogP contribution in [0, 0.1) is 4.91 Å². The molecule has 1 aromatic heterocycles. The van der Waals surface area contributed by atoms with E-state index in [-0.39, 0.29) is 11.6 Å². The first kappa shape index (κ1) is 16.2. The molecule has 2 heterocycles. The van der Waals surface area contributed by atoms with Gasteiger partial charge in [-0.3, -0.25) is 0 Å². The summed E-state index contributed by atoms with van der Waals surface area (Å²) < 4.78 is 5.27. The van der Waals surface area contributed by atoms with Crippen molar-refractivity contribution in [3.63, 3.8) is 0 Å². The first-order valence-corrected chi connectivity index (χ1v) is 7.45. The minimum atomic E-state index is -0.661. The number of rotatable bonds is 3. The van der Waals surface area contributed by atoms with E-state index in [4.69, 9.17) is 9.57 Å². The molecule has 1 amide bonds. The second kappa shape index (κ2) is 6.72.